The molecule has 0 radical (unpaired) electrons. The van der Waals surface area contributed by atoms with Gasteiger partial charge >= 0.3 is 24.5 Å². The number of hydrogen-bond donors (Lipinski definition) is 2. The number of carbonyl (C=O) groups excluding carboxylic acids is 2. The molecule has 0 aliphatic rings. The van der Waals surface area contributed by atoms with Crippen molar-refractivity contribution in [3.05, 3.63) is 131 Å². The Balaban J connectivity index is 1.60. The summed E-state index contributed by atoms with van der Waals surface area (Å²) in [6.07, 6.45) is -18.9. The number of halogens is 6. The van der Waals surface area contributed by atoms with E-state index in [1.54, 1.807) is 74.5 Å². The summed E-state index contributed by atoms with van der Waals surface area (Å²) in [6.45, 7) is 3.12. The maximum absolute atomic E-state index is 14.8. The van der Waals surface area contributed by atoms with Crippen molar-refractivity contribution < 1.29 is 45.4 Å². The highest BCUT2D eigenvalue weighted by molar-refractivity contribution is 6.06. The van der Waals surface area contributed by atoms with E-state index in [1.807, 2.05) is 0 Å². The lowest BCUT2D eigenvalue weighted by Gasteiger charge is -2.29. The van der Waals surface area contributed by atoms with Crippen molar-refractivity contribution in [3.8, 4) is 0 Å². The van der Waals surface area contributed by atoms with Gasteiger partial charge in [0.2, 0.25) is 12.2 Å². The number of alkyl carbamates (subject to hydrolysis) is 2. The molecule has 0 aliphatic carbocycles. The molecule has 5 aromatic carbocycles. The van der Waals surface area contributed by atoms with Crippen LogP contribution in [0.3, 0.4) is 0 Å². The number of nitrogens with one attached hydrogen (secondary N) is 2. The number of hydrogen-bond acceptors (Lipinski definition) is 4. The third-order valence-electron chi connectivity index (χ3n) is 7.85. The first-order chi connectivity index (χ1) is 22.8. The molecule has 0 aromatic heterocycles. The quantitative estimate of drug-likeness (QED) is 0.127. The molecule has 0 bridgehead atoms. The maximum Gasteiger partial charge on any atom is 0.429 e. The predicted octanol–water partition coefficient (Wildman–Crippen LogP) is 10.2. The maximum atomic E-state index is 14.8. The van der Waals surface area contributed by atoms with Crippen LogP contribution in [0.4, 0.5) is 35.9 Å². The van der Waals surface area contributed by atoms with Crippen LogP contribution < -0.4 is 10.6 Å². The van der Waals surface area contributed by atoms with Crippen LogP contribution in [0.1, 0.15) is 60.4 Å². The van der Waals surface area contributed by atoms with E-state index in [0.29, 0.717) is 11.1 Å². The number of benzene rings is 5. The summed E-state index contributed by atoms with van der Waals surface area (Å²) in [5.74, 6) is 0. The Bertz CT molecular complexity index is 1700. The van der Waals surface area contributed by atoms with Crippen LogP contribution in [0.2, 0.25) is 0 Å². The van der Waals surface area contributed by atoms with E-state index in [-0.39, 0.29) is 21.5 Å². The molecular weight excluding hydrogens is 638 g/mol. The molecule has 0 unspecified atom stereocenters. The SMILES string of the molecule is C[C@H](NC(=O)O[C@H](c1c2ccccc2c([C@@H](OC(=O)N[C@@H](C)c2ccccc2)C(F)(F)F)c2ccccc12)C(F)(F)F)c1ccccc1. The van der Waals surface area contributed by atoms with Gasteiger partial charge < -0.3 is 20.1 Å². The van der Waals surface area contributed by atoms with E-state index >= 15 is 0 Å². The number of ether oxygens (including phenoxy) is 2. The van der Waals surface area contributed by atoms with Gasteiger partial charge in [-0.3, -0.25) is 0 Å². The highest BCUT2D eigenvalue weighted by atomic mass is 19.4. The molecule has 0 saturated heterocycles. The molecule has 0 heterocycles. The molecule has 0 spiro atoms. The third kappa shape index (κ3) is 7.48. The molecule has 4 atom stereocenters. The fourth-order valence-corrected chi connectivity index (χ4v) is 5.63. The number of amides is 2. The molecular formula is C36H30F6N2O4. The van der Waals surface area contributed by atoms with Crippen LogP contribution in [0.25, 0.3) is 21.5 Å². The largest absolute Gasteiger partial charge is 0.432 e. The summed E-state index contributed by atoms with van der Waals surface area (Å²) >= 11 is 0. The van der Waals surface area contributed by atoms with Crippen LogP contribution >= 0.6 is 0 Å². The third-order valence-corrected chi connectivity index (χ3v) is 7.85. The first kappa shape index (κ1) is 34.1. The van der Waals surface area contributed by atoms with E-state index < -0.39 is 60.0 Å². The highest BCUT2D eigenvalue weighted by Crippen LogP contribution is 2.48. The van der Waals surface area contributed by atoms with E-state index in [1.165, 1.54) is 48.5 Å². The molecule has 0 aliphatic heterocycles. The zero-order valence-electron chi connectivity index (χ0n) is 25.6. The second-order valence-electron chi connectivity index (χ2n) is 11.1. The van der Waals surface area contributed by atoms with Crippen LogP contribution in [0, 0.1) is 0 Å². The lowest BCUT2D eigenvalue weighted by atomic mass is 9.87. The van der Waals surface area contributed by atoms with Gasteiger partial charge in [-0.2, -0.15) is 26.3 Å². The summed E-state index contributed by atoms with van der Waals surface area (Å²) in [5, 5.41) is 3.70. The van der Waals surface area contributed by atoms with Gasteiger partial charge in [0.05, 0.1) is 12.1 Å². The molecule has 2 amide bonds. The van der Waals surface area contributed by atoms with Crippen molar-refractivity contribution in [3.63, 3.8) is 0 Å². The van der Waals surface area contributed by atoms with Gasteiger partial charge in [-0.05, 0) is 46.5 Å². The average Bonchev–Trinajstić information content (AvgIpc) is 3.05. The zero-order valence-corrected chi connectivity index (χ0v) is 25.6. The van der Waals surface area contributed by atoms with E-state index in [9.17, 15) is 35.9 Å². The Morgan fingerprint density at radius 2 is 0.771 bits per heavy atom. The Labute approximate surface area is 271 Å². The van der Waals surface area contributed by atoms with Crippen LogP contribution in [0.5, 0.6) is 0 Å². The van der Waals surface area contributed by atoms with Crippen molar-refractivity contribution >= 4 is 33.7 Å². The summed E-state index contributed by atoms with van der Waals surface area (Å²) < 4.78 is 98.9. The molecule has 5 aromatic rings. The predicted molar refractivity (Wildman–Crippen MR) is 168 cm³/mol. The minimum atomic E-state index is -5.17. The Hall–Kier alpha value is -5.26. The summed E-state index contributed by atoms with van der Waals surface area (Å²) in [7, 11) is 0. The van der Waals surface area contributed by atoms with Gasteiger partial charge in [-0.1, -0.05) is 109 Å². The van der Waals surface area contributed by atoms with Gasteiger partial charge in [-0.25, -0.2) is 9.59 Å². The van der Waals surface area contributed by atoms with Gasteiger partial charge in [0.1, 0.15) is 0 Å². The number of alkyl halides is 6. The number of carbonyl (C=O) groups is 2. The van der Waals surface area contributed by atoms with Gasteiger partial charge in [0, 0.05) is 11.1 Å². The van der Waals surface area contributed by atoms with Gasteiger partial charge in [0.15, 0.2) is 0 Å². The van der Waals surface area contributed by atoms with Crippen LogP contribution in [-0.4, -0.2) is 24.5 Å². The van der Waals surface area contributed by atoms with Gasteiger partial charge in [-0.15, -0.1) is 0 Å². The van der Waals surface area contributed by atoms with Gasteiger partial charge in [0.25, 0.3) is 0 Å². The van der Waals surface area contributed by atoms with Crippen molar-refractivity contribution in [2.45, 2.75) is 50.5 Å². The highest BCUT2D eigenvalue weighted by Gasteiger charge is 2.49. The van der Waals surface area contributed by atoms with Crippen LogP contribution in [0.15, 0.2) is 109 Å². The molecule has 0 fully saturated rings. The monoisotopic (exact) mass is 668 g/mol. The van der Waals surface area contributed by atoms with Crippen molar-refractivity contribution in [1.82, 2.24) is 10.6 Å². The molecule has 6 nitrogen and oxygen atoms in total. The molecule has 250 valence electrons. The topological polar surface area (TPSA) is 76.7 Å². The fraction of sp³-hybridized carbons (Fsp3) is 0.222. The van der Waals surface area contributed by atoms with E-state index in [2.05, 4.69) is 10.6 Å². The van der Waals surface area contributed by atoms with Crippen molar-refractivity contribution in [1.29, 1.82) is 0 Å². The molecule has 5 rings (SSSR count). The molecule has 0 saturated carbocycles. The summed E-state index contributed by atoms with van der Waals surface area (Å²) in [6, 6.07) is 25.8. The first-order valence-electron chi connectivity index (χ1n) is 14.9. The lowest BCUT2D eigenvalue weighted by molar-refractivity contribution is -0.206. The average molecular weight is 669 g/mol. The summed E-state index contributed by atoms with van der Waals surface area (Å²) in [5.41, 5.74) is 0.0865. The minimum absolute atomic E-state index is 0.270. The van der Waals surface area contributed by atoms with E-state index in [0.717, 1.165) is 0 Å². The second kappa shape index (κ2) is 13.8. The minimum Gasteiger partial charge on any atom is -0.432 e. The normalized spacial score (nSPS) is 14.5. The van der Waals surface area contributed by atoms with Crippen molar-refractivity contribution in [2.24, 2.45) is 0 Å². The zero-order chi connectivity index (χ0) is 34.6. The Morgan fingerprint density at radius 1 is 0.500 bits per heavy atom. The summed E-state index contributed by atoms with van der Waals surface area (Å²) in [4.78, 5) is 25.8. The smallest absolute Gasteiger partial charge is 0.429 e. The van der Waals surface area contributed by atoms with Crippen molar-refractivity contribution in [2.75, 3.05) is 0 Å². The molecule has 2 N–H and O–H groups in total. The standard InChI is InChI=1S/C36H30F6N2O4/c1-21(23-13-5-3-6-14-23)43-33(45)47-31(35(37,38)39)29-25-17-9-11-19-27(25)30(28-20-12-10-18-26(28)29)32(36(40,41)42)48-34(46)44-22(2)24-15-7-4-8-16-24/h3-22,31-32H,1-2H3,(H,43,45)(H,44,46)/t21-,22-,31+,32+/m0/s1. The molecule has 12 heteroatoms. The van der Waals surface area contributed by atoms with E-state index in [4.69, 9.17) is 9.47 Å². The number of rotatable bonds is 8. The number of fused-ring (bicyclic) bond motifs is 2. The Morgan fingerprint density at radius 3 is 1.04 bits per heavy atom. The second-order valence-corrected chi connectivity index (χ2v) is 11.1. The first-order valence-corrected chi connectivity index (χ1v) is 14.9. The lowest BCUT2D eigenvalue weighted by Crippen LogP contribution is -2.34. The molecule has 48 heavy (non-hydrogen) atoms. The fourth-order valence-electron chi connectivity index (χ4n) is 5.63. The Kier molecular flexibility index (Phi) is 9.83. The van der Waals surface area contributed by atoms with Crippen LogP contribution in [-0.2, 0) is 9.47 Å².